The maximum absolute atomic E-state index is 12.8. The van der Waals surface area contributed by atoms with Crippen LogP contribution in [0.15, 0.2) is 42.5 Å². The first-order valence-corrected chi connectivity index (χ1v) is 8.40. The monoisotopic (exact) mass is 424 g/mol. The van der Waals surface area contributed by atoms with Crippen molar-refractivity contribution in [2.24, 2.45) is 0 Å². The van der Waals surface area contributed by atoms with Crippen LogP contribution in [-0.2, 0) is 28.5 Å². The second-order valence-corrected chi connectivity index (χ2v) is 6.59. The molecule has 2 aromatic rings. The van der Waals surface area contributed by atoms with Crippen LogP contribution in [0.3, 0.4) is 0 Å². The lowest BCUT2D eigenvalue weighted by molar-refractivity contribution is -0.143. The largest absolute Gasteiger partial charge is 0.416 e. The van der Waals surface area contributed by atoms with Crippen molar-refractivity contribution >= 4 is 17.4 Å². The number of carbonyl (C=O) groups is 1. The lowest BCUT2D eigenvalue weighted by atomic mass is 9.97. The summed E-state index contributed by atoms with van der Waals surface area (Å²) in [5.74, 6) is -0.976. The second-order valence-electron chi connectivity index (χ2n) is 6.15. The number of benzene rings is 2. The molecule has 2 aromatic carbocycles. The molecule has 0 bridgehead atoms. The van der Waals surface area contributed by atoms with E-state index in [0.29, 0.717) is 22.7 Å². The standard InChI is InChI=1S/C19H15ClF6O2/c1-11(13-3-2-4-16(20)7-13)17(27)10-28-9-12-5-14(18(21,22)23)8-15(6-12)19(24,25)26/h2-8,11H,9-10H2,1H3. The smallest absolute Gasteiger partial charge is 0.369 e. The summed E-state index contributed by atoms with van der Waals surface area (Å²) in [5, 5.41) is 0.432. The zero-order valence-corrected chi connectivity index (χ0v) is 15.3. The summed E-state index contributed by atoms with van der Waals surface area (Å²) in [6, 6.07) is 7.73. The molecule has 2 nitrogen and oxygen atoms in total. The van der Waals surface area contributed by atoms with Gasteiger partial charge in [-0.05, 0) is 41.5 Å². The van der Waals surface area contributed by atoms with Crippen molar-refractivity contribution in [3.63, 3.8) is 0 Å². The molecule has 0 radical (unpaired) electrons. The number of halogens is 7. The van der Waals surface area contributed by atoms with Gasteiger partial charge in [-0.1, -0.05) is 30.7 Å². The molecule has 0 aliphatic carbocycles. The minimum atomic E-state index is -4.94. The Balaban J connectivity index is 2.08. The molecule has 0 fully saturated rings. The molecule has 1 atom stereocenters. The number of ketones is 1. The highest BCUT2D eigenvalue weighted by atomic mass is 35.5. The number of hydrogen-bond donors (Lipinski definition) is 0. The SMILES string of the molecule is CC(C(=O)COCc1cc(C(F)(F)F)cc(C(F)(F)F)c1)c1cccc(Cl)c1. The minimum absolute atomic E-state index is 0.0376. The average molecular weight is 425 g/mol. The molecule has 0 amide bonds. The Kier molecular flexibility index (Phi) is 6.77. The quantitative estimate of drug-likeness (QED) is 0.511. The number of Topliss-reactive ketones (excluding diaryl/α,β-unsaturated/α-hetero) is 1. The van der Waals surface area contributed by atoms with E-state index in [9.17, 15) is 31.1 Å². The zero-order valence-electron chi connectivity index (χ0n) is 14.5. The second kappa shape index (κ2) is 8.53. The fourth-order valence-corrected chi connectivity index (χ4v) is 2.66. The highest BCUT2D eigenvalue weighted by molar-refractivity contribution is 6.30. The highest BCUT2D eigenvalue weighted by Gasteiger charge is 2.36. The third-order valence-corrected chi connectivity index (χ3v) is 4.23. The maximum Gasteiger partial charge on any atom is 0.416 e. The minimum Gasteiger partial charge on any atom is -0.369 e. The van der Waals surface area contributed by atoms with Crippen LogP contribution in [0, 0.1) is 0 Å². The van der Waals surface area contributed by atoms with Crippen molar-refractivity contribution in [3.05, 3.63) is 69.7 Å². The Bertz CT molecular complexity index is 813. The van der Waals surface area contributed by atoms with Crippen molar-refractivity contribution in [2.75, 3.05) is 6.61 Å². The molecule has 0 aliphatic heterocycles. The summed E-state index contributed by atoms with van der Waals surface area (Å²) in [4.78, 5) is 12.2. The van der Waals surface area contributed by atoms with Gasteiger partial charge in [0.05, 0.1) is 17.7 Å². The topological polar surface area (TPSA) is 26.3 Å². The first-order valence-electron chi connectivity index (χ1n) is 8.02. The van der Waals surface area contributed by atoms with Gasteiger partial charge in [-0.15, -0.1) is 0 Å². The molecular formula is C19H15ClF6O2. The summed E-state index contributed by atoms with van der Waals surface area (Å²) in [7, 11) is 0. The summed E-state index contributed by atoms with van der Waals surface area (Å²) < 4.78 is 82.1. The van der Waals surface area contributed by atoms with Crippen molar-refractivity contribution in [3.8, 4) is 0 Å². The predicted octanol–water partition coefficient (Wildman–Crippen LogP) is 6.27. The molecule has 28 heavy (non-hydrogen) atoms. The van der Waals surface area contributed by atoms with Gasteiger partial charge in [0, 0.05) is 10.9 Å². The summed E-state index contributed by atoms with van der Waals surface area (Å²) >= 11 is 5.85. The predicted molar refractivity (Wildman–Crippen MR) is 91.0 cm³/mol. The molecule has 0 spiro atoms. The maximum atomic E-state index is 12.8. The molecule has 0 saturated heterocycles. The van der Waals surface area contributed by atoms with Gasteiger partial charge in [0.25, 0.3) is 0 Å². The Morgan fingerprint density at radius 3 is 2.07 bits per heavy atom. The Morgan fingerprint density at radius 1 is 1.00 bits per heavy atom. The number of rotatable bonds is 6. The third-order valence-electron chi connectivity index (χ3n) is 3.99. The lowest BCUT2D eigenvalue weighted by Gasteiger charge is -2.15. The molecule has 0 saturated carbocycles. The van der Waals surface area contributed by atoms with E-state index >= 15 is 0 Å². The van der Waals surface area contributed by atoms with E-state index in [1.165, 1.54) is 0 Å². The van der Waals surface area contributed by atoms with Crippen LogP contribution >= 0.6 is 11.6 Å². The Hall–Kier alpha value is -2.06. The van der Waals surface area contributed by atoms with Crippen molar-refractivity contribution in [1.82, 2.24) is 0 Å². The van der Waals surface area contributed by atoms with Crippen molar-refractivity contribution < 1.29 is 35.9 Å². The van der Waals surface area contributed by atoms with Gasteiger partial charge in [0.1, 0.15) is 6.61 Å². The number of carbonyl (C=O) groups excluding carboxylic acids is 1. The molecule has 0 heterocycles. The molecule has 9 heteroatoms. The zero-order chi connectivity index (χ0) is 21.1. The highest BCUT2D eigenvalue weighted by Crippen LogP contribution is 2.36. The van der Waals surface area contributed by atoms with Gasteiger partial charge >= 0.3 is 12.4 Å². The lowest BCUT2D eigenvalue weighted by Crippen LogP contribution is -2.16. The van der Waals surface area contributed by atoms with Crippen LogP contribution in [0.25, 0.3) is 0 Å². The molecule has 1 unspecified atom stereocenters. The van der Waals surface area contributed by atoms with E-state index < -0.39 is 42.6 Å². The Morgan fingerprint density at radius 2 is 1.57 bits per heavy atom. The van der Waals surface area contributed by atoms with Gasteiger partial charge in [0.2, 0.25) is 0 Å². The molecule has 152 valence electrons. The molecule has 0 aliphatic rings. The van der Waals surface area contributed by atoms with Crippen LogP contribution < -0.4 is 0 Å². The van der Waals surface area contributed by atoms with Gasteiger partial charge in [-0.3, -0.25) is 4.79 Å². The Labute approximate surface area is 162 Å². The number of alkyl halides is 6. The van der Waals surface area contributed by atoms with Crippen LogP contribution in [0.5, 0.6) is 0 Å². The van der Waals surface area contributed by atoms with E-state index in [0.717, 1.165) is 0 Å². The van der Waals surface area contributed by atoms with E-state index in [-0.39, 0.29) is 17.4 Å². The van der Waals surface area contributed by atoms with Gasteiger partial charge in [-0.25, -0.2) is 0 Å². The van der Waals surface area contributed by atoms with Gasteiger partial charge < -0.3 is 4.74 Å². The summed E-state index contributed by atoms with van der Waals surface area (Å²) in [6.45, 7) is 0.565. The third kappa shape index (κ3) is 5.97. The average Bonchev–Trinajstić information content (AvgIpc) is 2.59. The molecule has 0 aromatic heterocycles. The van der Waals surface area contributed by atoms with E-state index in [2.05, 4.69) is 0 Å². The molecule has 0 N–H and O–H groups in total. The van der Waals surface area contributed by atoms with Crippen molar-refractivity contribution in [1.29, 1.82) is 0 Å². The first-order chi connectivity index (χ1) is 12.9. The van der Waals surface area contributed by atoms with Gasteiger partial charge in [0.15, 0.2) is 5.78 Å². The fraction of sp³-hybridized carbons (Fsp3) is 0.316. The van der Waals surface area contributed by atoms with Crippen LogP contribution in [0.2, 0.25) is 5.02 Å². The number of ether oxygens (including phenoxy) is 1. The van der Waals surface area contributed by atoms with E-state index in [1.807, 2.05) is 0 Å². The van der Waals surface area contributed by atoms with Crippen LogP contribution in [0.1, 0.15) is 35.1 Å². The number of hydrogen-bond acceptors (Lipinski definition) is 2. The normalized spacial score (nSPS) is 13.4. The summed E-state index contributed by atoms with van der Waals surface area (Å²) in [5.41, 5.74) is -2.57. The van der Waals surface area contributed by atoms with E-state index in [4.69, 9.17) is 16.3 Å². The van der Waals surface area contributed by atoms with E-state index in [1.54, 1.807) is 31.2 Å². The summed E-state index contributed by atoms with van der Waals surface area (Å²) in [6.07, 6.45) is -9.88. The molecule has 2 rings (SSSR count). The molecular weight excluding hydrogens is 410 g/mol. The van der Waals surface area contributed by atoms with Gasteiger partial charge in [-0.2, -0.15) is 26.3 Å². The fourth-order valence-electron chi connectivity index (χ4n) is 2.46. The van der Waals surface area contributed by atoms with Crippen molar-refractivity contribution in [2.45, 2.75) is 31.8 Å². The first kappa shape index (κ1) is 22.2. The van der Waals surface area contributed by atoms with Crippen LogP contribution in [-0.4, -0.2) is 12.4 Å². The van der Waals surface area contributed by atoms with Crippen LogP contribution in [0.4, 0.5) is 26.3 Å².